The second kappa shape index (κ2) is 6.87. The van der Waals surface area contributed by atoms with Crippen LogP contribution in [0.15, 0.2) is 24.3 Å². The summed E-state index contributed by atoms with van der Waals surface area (Å²) < 4.78 is 23.7. The molecule has 1 aromatic carbocycles. The molecule has 0 aliphatic rings. The van der Waals surface area contributed by atoms with Gasteiger partial charge in [-0.1, -0.05) is 12.1 Å². The number of rotatable bonds is 6. The van der Waals surface area contributed by atoms with Gasteiger partial charge < -0.3 is 9.47 Å². The topological polar surface area (TPSA) is 52.6 Å². The largest absolute Gasteiger partial charge is 0.493 e. The van der Waals surface area contributed by atoms with Crippen molar-refractivity contribution in [3.8, 4) is 5.75 Å². The van der Waals surface area contributed by atoms with E-state index in [-0.39, 0.29) is 11.3 Å². The van der Waals surface area contributed by atoms with Crippen molar-refractivity contribution in [2.75, 3.05) is 6.61 Å². The van der Waals surface area contributed by atoms with Crippen LogP contribution in [0.2, 0.25) is 0 Å². The van der Waals surface area contributed by atoms with E-state index >= 15 is 0 Å². The summed E-state index contributed by atoms with van der Waals surface area (Å²) in [5, 5.41) is 0. The molecule has 0 bridgehead atoms. The minimum absolute atomic E-state index is 0.0394. The molecule has 0 radical (unpaired) electrons. The van der Waals surface area contributed by atoms with Crippen molar-refractivity contribution in [3.05, 3.63) is 29.8 Å². The number of Topliss-reactive ketones (excluding diaryl/α,β-unsaturated/α-hetero) is 1. The lowest BCUT2D eigenvalue weighted by molar-refractivity contribution is -0.151. The fourth-order valence-electron chi connectivity index (χ4n) is 1.49. The first kappa shape index (κ1) is 15.1. The van der Waals surface area contributed by atoms with Crippen molar-refractivity contribution < 1.29 is 23.5 Å². The van der Waals surface area contributed by atoms with Gasteiger partial charge in [0.25, 0.3) is 6.17 Å². The maximum absolute atomic E-state index is 13.8. The van der Waals surface area contributed by atoms with E-state index in [9.17, 15) is 14.0 Å². The highest BCUT2D eigenvalue weighted by Crippen LogP contribution is 2.21. The van der Waals surface area contributed by atoms with Crippen LogP contribution in [-0.4, -0.2) is 30.6 Å². The number of hydrogen-bond donors (Lipinski definition) is 0. The lowest BCUT2D eigenvalue weighted by atomic mass is 10.1. The van der Waals surface area contributed by atoms with Crippen LogP contribution >= 0.6 is 0 Å². The van der Waals surface area contributed by atoms with Crippen LogP contribution in [0, 0.1) is 0 Å². The van der Waals surface area contributed by atoms with Gasteiger partial charge in [0.2, 0.25) is 5.78 Å². The Morgan fingerprint density at radius 3 is 2.47 bits per heavy atom. The molecule has 0 saturated heterocycles. The molecule has 4 nitrogen and oxygen atoms in total. The van der Waals surface area contributed by atoms with Crippen molar-refractivity contribution in [2.24, 2.45) is 0 Å². The van der Waals surface area contributed by atoms with Crippen LogP contribution in [0.4, 0.5) is 4.39 Å². The van der Waals surface area contributed by atoms with Gasteiger partial charge >= 0.3 is 5.97 Å². The molecule has 1 aromatic rings. The number of ether oxygens (including phenoxy) is 2. The fourth-order valence-corrected chi connectivity index (χ4v) is 1.49. The van der Waals surface area contributed by atoms with Crippen molar-refractivity contribution >= 4 is 11.8 Å². The Bertz CT molecular complexity index is 457. The summed E-state index contributed by atoms with van der Waals surface area (Å²) in [5.74, 6) is -1.86. The van der Waals surface area contributed by atoms with Crippen LogP contribution < -0.4 is 4.74 Å². The molecule has 1 unspecified atom stereocenters. The van der Waals surface area contributed by atoms with E-state index in [0.717, 1.165) is 0 Å². The zero-order chi connectivity index (χ0) is 14.4. The quantitative estimate of drug-likeness (QED) is 0.452. The van der Waals surface area contributed by atoms with Gasteiger partial charge in [-0.3, -0.25) is 4.79 Å². The maximum atomic E-state index is 13.8. The fraction of sp³-hybridized carbons (Fsp3) is 0.429. The van der Waals surface area contributed by atoms with E-state index in [1.54, 1.807) is 39.0 Å². The Balaban J connectivity index is 2.90. The molecule has 0 heterocycles. The Morgan fingerprint density at radius 2 is 1.89 bits per heavy atom. The zero-order valence-electron chi connectivity index (χ0n) is 11.2. The molecule has 0 aliphatic heterocycles. The standard InChI is InChI=1S/C14H17FO4/c1-4-18-11-8-6-5-7-10(11)13(16)12(15)14(17)19-9(2)3/h5-9,12H,4H2,1-3H3. The minimum atomic E-state index is -2.33. The van der Waals surface area contributed by atoms with Gasteiger partial charge in [0.15, 0.2) is 0 Å². The molecule has 1 atom stereocenters. The van der Waals surface area contributed by atoms with Crippen molar-refractivity contribution in [3.63, 3.8) is 0 Å². The molecule has 0 aromatic heterocycles. The molecular formula is C14H17FO4. The number of benzene rings is 1. The summed E-state index contributed by atoms with van der Waals surface area (Å²) >= 11 is 0. The Labute approximate surface area is 111 Å². The second-order valence-corrected chi connectivity index (χ2v) is 4.14. The van der Waals surface area contributed by atoms with Gasteiger partial charge in [0, 0.05) is 0 Å². The van der Waals surface area contributed by atoms with Crippen LogP contribution in [0.5, 0.6) is 5.75 Å². The summed E-state index contributed by atoms with van der Waals surface area (Å²) in [6, 6.07) is 6.22. The van der Waals surface area contributed by atoms with Gasteiger partial charge in [0.1, 0.15) is 5.75 Å². The summed E-state index contributed by atoms with van der Waals surface area (Å²) in [6.07, 6.45) is -2.80. The highest BCUT2D eigenvalue weighted by atomic mass is 19.1. The van der Waals surface area contributed by atoms with Crippen LogP contribution in [0.25, 0.3) is 0 Å². The van der Waals surface area contributed by atoms with E-state index in [1.165, 1.54) is 6.07 Å². The molecule has 104 valence electrons. The molecule has 0 aliphatic carbocycles. The highest BCUT2D eigenvalue weighted by molar-refractivity contribution is 6.12. The average molecular weight is 268 g/mol. The lowest BCUT2D eigenvalue weighted by Gasteiger charge is -2.13. The summed E-state index contributed by atoms with van der Waals surface area (Å²) in [6.45, 7) is 5.27. The van der Waals surface area contributed by atoms with Crippen molar-refractivity contribution in [1.82, 2.24) is 0 Å². The molecular weight excluding hydrogens is 251 g/mol. The first-order valence-electron chi connectivity index (χ1n) is 6.08. The molecule has 0 N–H and O–H groups in total. The number of ketones is 1. The number of halogens is 1. The van der Waals surface area contributed by atoms with E-state index in [1.807, 2.05) is 0 Å². The number of hydrogen-bond acceptors (Lipinski definition) is 4. The Hall–Kier alpha value is -1.91. The minimum Gasteiger partial charge on any atom is -0.493 e. The Morgan fingerprint density at radius 1 is 1.26 bits per heavy atom. The number of esters is 1. The molecule has 0 amide bonds. The van der Waals surface area contributed by atoms with E-state index in [0.29, 0.717) is 6.61 Å². The van der Waals surface area contributed by atoms with Crippen LogP contribution in [0.1, 0.15) is 31.1 Å². The third-order valence-corrected chi connectivity index (χ3v) is 2.24. The van der Waals surface area contributed by atoms with Crippen LogP contribution in [-0.2, 0) is 9.53 Å². The maximum Gasteiger partial charge on any atom is 0.349 e. The SMILES string of the molecule is CCOc1ccccc1C(=O)C(F)C(=O)OC(C)C. The molecule has 5 heteroatoms. The van der Waals surface area contributed by atoms with Gasteiger partial charge in [0.05, 0.1) is 18.3 Å². The number of carbonyl (C=O) groups excluding carboxylic acids is 2. The number of para-hydroxylation sites is 1. The third kappa shape index (κ3) is 4.05. The zero-order valence-corrected chi connectivity index (χ0v) is 11.2. The number of carbonyl (C=O) groups is 2. The average Bonchev–Trinajstić information content (AvgIpc) is 2.37. The normalized spacial score (nSPS) is 12.1. The van der Waals surface area contributed by atoms with Gasteiger partial charge in [-0.2, -0.15) is 0 Å². The predicted octanol–water partition coefficient (Wildman–Crippen LogP) is 2.56. The summed E-state index contributed by atoms with van der Waals surface area (Å²) in [5.41, 5.74) is 0.0394. The first-order chi connectivity index (χ1) is 8.97. The van der Waals surface area contributed by atoms with E-state index in [2.05, 4.69) is 4.74 Å². The highest BCUT2D eigenvalue weighted by Gasteiger charge is 2.31. The predicted molar refractivity (Wildman–Crippen MR) is 68.1 cm³/mol. The molecule has 19 heavy (non-hydrogen) atoms. The van der Waals surface area contributed by atoms with Gasteiger partial charge in [-0.05, 0) is 32.9 Å². The van der Waals surface area contributed by atoms with Crippen LogP contribution in [0.3, 0.4) is 0 Å². The molecule has 0 fully saturated rings. The van der Waals surface area contributed by atoms with Gasteiger partial charge in [-0.25, -0.2) is 9.18 Å². The first-order valence-corrected chi connectivity index (χ1v) is 6.08. The summed E-state index contributed by atoms with van der Waals surface area (Å²) in [4.78, 5) is 23.3. The monoisotopic (exact) mass is 268 g/mol. The smallest absolute Gasteiger partial charge is 0.349 e. The number of alkyl halides is 1. The molecule has 0 saturated carbocycles. The Kier molecular flexibility index (Phi) is 5.48. The molecule has 1 rings (SSSR count). The van der Waals surface area contributed by atoms with Crippen molar-refractivity contribution in [1.29, 1.82) is 0 Å². The second-order valence-electron chi connectivity index (χ2n) is 4.14. The summed E-state index contributed by atoms with van der Waals surface area (Å²) in [7, 11) is 0. The molecule has 0 spiro atoms. The third-order valence-electron chi connectivity index (χ3n) is 2.24. The van der Waals surface area contributed by atoms with Crippen molar-refractivity contribution in [2.45, 2.75) is 33.0 Å². The van der Waals surface area contributed by atoms with E-state index < -0.39 is 24.0 Å². The lowest BCUT2D eigenvalue weighted by Crippen LogP contribution is -2.30. The van der Waals surface area contributed by atoms with Gasteiger partial charge in [-0.15, -0.1) is 0 Å². The van der Waals surface area contributed by atoms with E-state index in [4.69, 9.17) is 4.74 Å².